The number of rotatable bonds is 12. The van der Waals surface area contributed by atoms with Gasteiger partial charge in [-0.05, 0) is 12.1 Å². The molecule has 2 aliphatic heterocycles. The molecule has 2 aliphatic rings. The Kier molecular flexibility index (Phi) is 10.9. The summed E-state index contributed by atoms with van der Waals surface area (Å²) in [5.41, 5.74) is 7.14. The maximum atomic E-state index is 13.6. The Morgan fingerprint density at radius 1 is 0.744 bits per heavy atom. The van der Waals surface area contributed by atoms with Crippen LogP contribution < -0.4 is 21.5 Å². The van der Waals surface area contributed by atoms with Crippen molar-refractivity contribution < 1.29 is 29.3 Å². The van der Waals surface area contributed by atoms with E-state index in [1.54, 1.807) is 46.4 Å². The smallest absolute Gasteiger partial charge is 0.248 e. The first-order valence-electron chi connectivity index (χ1n) is 13.3. The van der Waals surface area contributed by atoms with Crippen molar-refractivity contribution >= 4 is 11.8 Å². The molecule has 1 atom stereocenters. The quantitative estimate of drug-likeness (QED) is 0.197. The summed E-state index contributed by atoms with van der Waals surface area (Å²) in [5, 5.41) is 30.6. The summed E-state index contributed by atoms with van der Waals surface area (Å²) in [6.45, 7) is 4.84. The lowest BCUT2D eigenvalue weighted by Crippen LogP contribution is -2.61. The Labute approximate surface area is 228 Å². The van der Waals surface area contributed by atoms with Crippen molar-refractivity contribution in [3.63, 3.8) is 0 Å². The highest BCUT2D eigenvalue weighted by Gasteiger charge is 2.37. The molecule has 4 rings (SSSR count). The molecular formula is C27H38N6O6. The van der Waals surface area contributed by atoms with E-state index >= 15 is 0 Å². The van der Waals surface area contributed by atoms with Gasteiger partial charge in [0.05, 0.1) is 26.4 Å². The molecule has 0 radical (unpaired) electrons. The Balaban J connectivity index is 1.53. The topological polar surface area (TPSA) is 148 Å². The molecule has 0 aromatic heterocycles. The number of amides is 2. The first-order valence-corrected chi connectivity index (χ1v) is 13.3. The number of hydrogen-bond donors (Lipinski definition) is 6. The second kappa shape index (κ2) is 14.8. The molecule has 2 heterocycles. The van der Waals surface area contributed by atoms with Crippen LogP contribution in [0.4, 0.5) is 0 Å². The molecule has 1 unspecified atom stereocenters. The number of hydrazine groups is 2. The number of benzene rings is 2. The van der Waals surface area contributed by atoms with Crippen molar-refractivity contribution in [1.29, 1.82) is 0 Å². The predicted molar refractivity (Wildman–Crippen MR) is 143 cm³/mol. The van der Waals surface area contributed by atoms with Gasteiger partial charge in [-0.1, -0.05) is 36.4 Å². The average molecular weight is 543 g/mol. The van der Waals surface area contributed by atoms with Crippen molar-refractivity contribution in [3.05, 3.63) is 59.7 Å². The zero-order valence-corrected chi connectivity index (χ0v) is 22.0. The maximum absolute atomic E-state index is 13.6. The number of ether oxygens (including phenoxy) is 2. The summed E-state index contributed by atoms with van der Waals surface area (Å²) in [4.78, 5) is 27.3. The summed E-state index contributed by atoms with van der Waals surface area (Å²) in [5.74, 6) is -1.71. The van der Waals surface area contributed by atoms with Crippen molar-refractivity contribution in [1.82, 2.24) is 31.5 Å². The minimum absolute atomic E-state index is 0.123. The van der Waals surface area contributed by atoms with Crippen LogP contribution in [0.15, 0.2) is 48.5 Å². The van der Waals surface area contributed by atoms with E-state index in [2.05, 4.69) is 21.5 Å². The van der Waals surface area contributed by atoms with Gasteiger partial charge in [-0.15, -0.1) is 0 Å². The van der Waals surface area contributed by atoms with Crippen LogP contribution in [0.5, 0.6) is 11.5 Å². The van der Waals surface area contributed by atoms with E-state index in [1.165, 1.54) is 0 Å². The van der Waals surface area contributed by atoms with E-state index in [0.29, 0.717) is 70.3 Å². The Hall–Kier alpha value is -3.26. The zero-order chi connectivity index (χ0) is 27.5. The van der Waals surface area contributed by atoms with E-state index in [0.717, 1.165) is 0 Å². The van der Waals surface area contributed by atoms with Gasteiger partial charge >= 0.3 is 0 Å². The Bertz CT molecular complexity index is 1040. The van der Waals surface area contributed by atoms with Gasteiger partial charge < -0.3 is 30.3 Å². The fourth-order valence-corrected chi connectivity index (χ4v) is 4.52. The number of nitrogens with one attached hydrogen (secondary N) is 4. The molecule has 0 bridgehead atoms. The maximum Gasteiger partial charge on any atom is 0.248 e. The molecule has 0 aliphatic carbocycles. The van der Waals surface area contributed by atoms with E-state index in [-0.39, 0.29) is 24.6 Å². The van der Waals surface area contributed by atoms with Crippen LogP contribution >= 0.6 is 0 Å². The van der Waals surface area contributed by atoms with Crippen LogP contribution in [0.1, 0.15) is 11.1 Å². The third-order valence-corrected chi connectivity index (χ3v) is 6.74. The van der Waals surface area contributed by atoms with E-state index < -0.39 is 23.8 Å². The van der Waals surface area contributed by atoms with Crippen molar-refractivity contribution in [2.24, 2.45) is 5.92 Å². The van der Waals surface area contributed by atoms with Crippen molar-refractivity contribution in [2.45, 2.75) is 19.1 Å². The van der Waals surface area contributed by atoms with Crippen molar-refractivity contribution in [3.8, 4) is 11.5 Å². The molecule has 6 N–H and O–H groups in total. The van der Waals surface area contributed by atoms with Crippen LogP contribution in [0.3, 0.4) is 0 Å². The fraction of sp³-hybridized carbons (Fsp3) is 0.481. The second-order valence-electron chi connectivity index (χ2n) is 9.50. The van der Waals surface area contributed by atoms with Crippen LogP contribution in [0.25, 0.3) is 0 Å². The molecule has 39 heavy (non-hydrogen) atoms. The lowest BCUT2D eigenvalue weighted by molar-refractivity contribution is -0.144. The van der Waals surface area contributed by atoms with Gasteiger partial charge in [0.25, 0.3) is 0 Å². The van der Waals surface area contributed by atoms with Gasteiger partial charge in [-0.3, -0.25) is 20.4 Å². The van der Waals surface area contributed by atoms with Crippen LogP contribution in [0, 0.1) is 5.92 Å². The third kappa shape index (κ3) is 8.62. The van der Waals surface area contributed by atoms with Crippen LogP contribution in [-0.4, -0.2) is 97.2 Å². The monoisotopic (exact) mass is 542 g/mol. The number of hydrogen-bond acceptors (Lipinski definition) is 10. The molecule has 2 fully saturated rings. The summed E-state index contributed by atoms with van der Waals surface area (Å²) in [6, 6.07) is 13.3. The molecule has 212 valence electrons. The van der Waals surface area contributed by atoms with Crippen molar-refractivity contribution in [2.75, 3.05) is 59.2 Å². The highest BCUT2D eigenvalue weighted by Crippen LogP contribution is 2.18. The van der Waals surface area contributed by atoms with Crippen LogP contribution in [0.2, 0.25) is 0 Å². The van der Waals surface area contributed by atoms with E-state index in [4.69, 9.17) is 9.47 Å². The average Bonchev–Trinajstić information content (AvgIpc) is 2.94. The van der Waals surface area contributed by atoms with Gasteiger partial charge in [-0.2, -0.15) is 0 Å². The molecule has 2 saturated heterocycles. The van der Waals surface area contributed by atoms with Crippen LogP contribution in [-0.2, 0) is 32.2 Å². The molecular weight excluding hydrogens is 504 g/mol. The standard InChI is InChI=1S/C27H38N6O6/c34-23-7-3-1-5-20(23)17-28-19-22(29-18-21-6-2-4-8-24(21)35)25(26(36)30-32-9-13-38-14-10-32)27(37)31-33-11-15-39-16-12-33/h1-8,22,25,28-29,34-35H,9-19H2,(H,30,36)(H,31,37). The predicted octanol–water partition coefficient (Wildman–Crippen LogP) is -0.311. The number of aromatic hydroxyl groups is 2. The summed E-state index contributed by atoms with van der Waals surface area (Å²) in [7, 11) is 0. The van der Waals surface area contributed by atoms with Gasteiger partial charge in [-0.25, -0.2) is 10.0 Å². The number of carbonyl (C=O) groups excluding carboxylic acids is 2. The molecule has 12 heteroatoms. The number of para-hydroxylation sites is 2. The first-order chi connectivity index (χ1) is 19.0. The largest absolute Gasteiger partial charge is 0.508 e. The molecule has 2 amide bonds. The lowest BCUT2D eigenvalue weighted by Gasteiger charge is -2.34. The highest BCUT2D eigenvalue weighted by molar-refractivity contribution is 6.00. The Morgan fingerprint density at radius 3 is 1.69 bits per heavy atom. The number of nitrogens with zero attached hydrogens (tertiary/aromatic N) is 2. The van der Waals surface area contributed by atoms with Gasteiger partial charge in [0.1, 0.15) is 17.4 Å². The van der Waals surface area contributed by atoms with Gasteiger partial charge in [0.15, 0.2) is 0 Å². The molecule has 0 spiro atoms. The van der Waals surface area contributed by atoms with Gasteiger partial charge in [0.2, 0.25) is 11.8 Å². The van der Waals surface area contributed by atoms with Gasteiger partial charge in [0, 0.05) is 63.0 Å². The first kappa shape index (κ1) is 28.7. The number of phenols is 2. The summed E-state index contributed by atoms with van der Waals surface area (Å²) < 4.78 is 10.8. The number of phenolic OH excluding ortho intramolecular Hbond substituents is 2. The Morgan fingerprint density at radius 2 is 1.21 bits per heavy atom. The fourth-order valence-electron chi connectivity index (χ4n) is 4.52. The minimum Gasteiger partial charge on any atom is -0.508 e. The normalized spacial score (nSPS) is 17.6. The van der Waals surface area contributed by atoms with E-state index in [1.807, 2.05) is 12.1 Å². The molecule has 2 aromatic rings. The molecule has 2 aromatic carbocycles. The number of carbonyl (C=O) groups is 2. The highest BCUT2D eigenvalue weighted by atomic mass is 16.5. The van der Waals surface area contributed by atoms with E-state index in [9.17, 15) is 19.8 Å². The summed E-state index contributed by atoms with van der Waals surface area (Å²) in [6.07, 6.45) is 0. The third-order valence-electron chi connectivity index (χ3n) is 6.74. The SMILES string of the molecule is O=C(NN1CCOCC1)C(C(=O)NN1CCOCC1)C(CNCc1ccccc1O)NCc1ccccc1O. The minimum atomic E-state index is -1.11. The molecule has 0 saturated carbocycles. The summed E-state index contributed by atoms with van der Waals surface area (Å²) >= 11 is 0. The zero-order valence-electron chi connectivity index (χ0n) is 22.0. The lowest BCUT2D eigenvalue weighted by atomic mass is 9.97. The number of morpholine rings is 2. The molecule has 12 nitrogen and oxygen atoms in total. The second-order valence-corrected chi connectivity index (χ2v) is 9.50.